The molecule has 0 spiro atoms. The Morgan fingerprint density at radius 2 is 2.15 bits per heavy atom. The number of urea groups is 1. The average Bonchev–Trinajstić information content (AvgIpc) is 2.60. The second kappa shape index (κ2) is 5.50. The first-order valence-electron chi connectivity index (χ1n) is 6.06. The zero-order chi connectivity index (χ0) is 14.9. The van der Waals surface area contributed by atoms with E-state index in [4.69, 9.17) is 11.6 Å². The van der Waals surface area contributed by atoms with Gasteiger partial charge in [-0.1, -0.05) is 11.6 Å². The van der Waals surface area contributed by atoms with Gasteiger partial charge in [-0.05, 0) is 37.6 Å². The highest BCUT2D eigenvalue weighted by molar-refractivity contribution is 6.30. The molecule has 106 valence electrons. The molecule has 6 nitrogen and oxygen atoms in total. The predicted octanol–water partition coefficient (Wildman–Crippen LogP) is 1.53. The fourth-order valence-corrected chi connectivity index (χ4v) is 2.14. The minimum absolute atomic E-state index is 0.308. The maximum Gasteiger partial charge on any atom is 0.325 e. The van der Waals surface area contributed by atoms with E-state index < -0.39 is 23.9 Å². The van der Waals surface area contributed by atoms with Gasteiger partial charge in [0.05, 0.1) is 0 Å². The standard InChI is InChI=1S/C13H14ClN3O3/c1-7-5-9(14)3-4-10(7)16-11(18)6-17-12(19)8(2)15-13(17)20/h3-5,8H,6H2,1-2H3,(H,15,20)(H,16,18)/t8-/m0/s1. The van der Waals surface area contributed by atoms with Gasteiger partial charge < -0.3 is 10.6 Å². The van der Waals surface area contributed by atoms with E-state index in [9.17, 15) is 14.4 Å². The normalized spacial score (nSPS) is 18.1. The molecule has 1 aromatic carbocycles. The van der Waals surface area contributed by atoms with Gasteiger partial charge >= 0.3 is 6.03 Å². The summed E-state index contributed by atoms with van der Waals surface area (Å²) in [4.78, 5) is 35.9. The fraction of sp³-hybridized carbons (Fsp3) is 0.308. The minimum atomic E-state index is -0.590. The van der Waals surface area contributed by atoms with Crippen molar-refractivity contribution in [3.63, 3.8) is 0 Å². The minimum Gasteiger partial charge on any atom is -0.326 e. The number of halogens is 1. The summed E-state index contributed by atoms with van der Waals surface area (Å²) in [6.07, 6.45) is 0. The number of aryl methyl sites for hydroxylation is 1. The van der Waals surface area contributed by atoms with Gasteiger partial charge in [0.2, 0.25) is 5.91 Å². The van der Waals surface area contributed by atoms with Crippen LogP contribution < -0.4 is 10.6 Å². The van der Waals surface area contributed by atoms with E-state index in [1.807, 2.05) is 0 Å². The maximum atomic E-state index is 11.9. The van der Waals surface area contributed by atoms with Crippen LogP contribution in [0, 0.1) is 6.92 Å². The number of imide groups is 1. The second-order valence-corrected chi connectivity index (χ2v) is 5.04. The molecule has 2 N–H and O–H groups in total. The molecule has 1 fully saturated rings. The molecule has 0 radical (unpaired) electrons. The van der Waals surface area contributed by atoms with Crippen molar-refractivity contribution in [3.8, 4) is 0 Å². The zero-order valence-electron chi connectivity index (χ0n) is 11.1. The van der Waals surface area contributed by atoms with Gasteiger partial charge in [0.1, 0.15) is 12.6 Å². The topological polar surface area (TPSA) is 78.5 Å². The SMILES string of the molecule is Cc1cc(Cl)ccc1NC(=O)CN1C(=O)N[C@@H](C)C1=O. The van der Waals surface area contributed by atoms with E-state index in [1.54, 1.807) is 32.0 Å². The molecule has 0 aliphatic carbocycles. The Bertz CT molecular complexity index is 588. The van der Waals surface area contributed by atoms with Gasteiger partial charge in [-0.25, -0.2) is 4.79 Å². The summed E-state index contributed by atoms with van der Waals surface area (Å²) in [7, 11) is 0. The van der Waals surface area contributed by atoms with E-state index in [1.165, 1.54) is 0 Å². The third kappa shape index (κ3) is 2.91. The summed E-state index contributed by atoms with van der Waals surface area (Å²) < 4.78 is 0. The highest BCUT2D eigenvalue weighted by Crippen LogP contribution is 2.19. The number of nitrogens with one attached hydrogen (secondary N) is 2. The van der Waals surface area contributed by atoms with Gasteiger partial charge in [-0.2, -0.15) is 0 Å². The summed E-state index contributed by atoms with van der Waals surface area (Å²) in [5, 5.41) is 5.67. The van der Waals surface area contributed by atoms with Crippen molar-refractivity contribution in [3.05, 3.63) is 28.8 Å². The number of hydrogen-bond acceptors (Lipinski definition) is 3. The van der Waals surface area contributed by atoms with Crippen molar-refractivity contribution in [2.45, 2.75) is 19.9 Å². The highest BCUT2D eigenvalue weighted by atomic mass is 35.5. The second-order valence-electron chi connectivity index (χ2n) is 4.60. The van der Waals surface area contributed by atoms with Crippen LogP contribution in [-0.2, 0) is 9.59 Å². The van der Waals surface area contributed by atoms with Crippen molar-refractivity contribution in [1.29, 1.82) is 0 Å². The first kappa shape index (κ1) is 14.3. The lowest BCUT2D eigenvalue weighted by Crippen LogP contribution is -2.38. The van der Waals surface area contributed by atoms with Crippen molar-refractivity contribution in [2.75, 3.05) is 11.9 Å². The van der Waals surface area contributed by atoms with Crippen LogP contribution in [0.1, 0.15) is 12.5 Å². The average molecular weight is 296 g/mol. The molecule has 2 rings (SSSR count). The van der Waals surface area contributed by atoms with E-state index in [2.05, 4.69) is 10.6 Å². The highest BCUT2D eigenvalue weighted by Gasteiger charge is 2.36. The molecule has 0 bridgehead atoms. The molecule has 4 amide bonds. The molecule has 1 atom stereocenters. The van der Waals surface area contributed by atoms with E-state index in [0.717, 1.165) is 10.5 Å². The van der Waals surface area contributed by atoms with Crippen molar-refractivity contribution >= 4 is 35.1 Å². The van der Waals surface area contributed by atoms with Gasteiger partial charge in [0, 0.05) is 10.7 Å². The molecular weight excluding hydrogens is 282 g/mol. The Kier molecular flexibility index (Phi) is 3.94. The van der Waals surface area contributed by atoms with Crippen LogP contribution in [0.2, 0.25) is 5.02 Å². The molecule has 0 saturated carbocycles. The quantitative estimate of drug-likeness (QED) is 0.830. The van der Waals surface area contributed by atoms with E-state index in [-0.39, 0.29) is 6.54 Å². The third-order valence-corrected chi connectivity index (χ3v) is 3.22. The van der Waals surface area contributed by atoms with Crippen molar-refractivity contribution in [2.24, 2.45) is 0 Å². The summed E-state index contributed by atoms with van der Waals surface area (Å²) in [6.45, 7) is 3.07. The van der Waals surface area contributed by atoms with Crippen LogP contribution in [0.3, 0.4) is 0 Å². The molecular formula is C13H14ClN3O3. The summed E-state index contributed by atoms with van der Waals surface area (Å²) >= 11 is 5.83. The smallest absolute Gasteiger partial charge is 0.325 e. The number of carbonyl (C=O) groups is 3. The van der Waals surface area contributed by atoms with Gasteiger partial charge in [0.15, 0.2) is 0 Å². The predicted molar refractivity (Wildman–Crippen MR) is 74.5 cm³/mol. The number of hydrogen-bond donors (Lipinski definition) is 2. The lowest BCUT2D eigenvalue weighted by Gasteiger charge is -2.13. The summed E-state index contributed by atoms with van der Waals surface area (Å²) in [6, 6.07) is 3.90. The van der Waals surface area contributed by atoms with Crippen LogP contribution in [0.4, 0.5) is 10.5 Å². The fourth-order valence-electron chi connectivity index (χ4n) is 1.91. The lowest BCUT2D eigenvalue weighted by atomic mass is 10.2. The van der Waals surface area contributed by atoms with Gasteiger partial charge in [-0.3, -0.25) is 14.5 Å². The number of nitrogens with zero attached hydrogens (tertiary/aromatic N) is 1. The number of rotatable bonds is 3. The number of amides is 4. The Balaban J connectivity index is 2.03. The van der Waals surface area contributed by atoms with Crippen molar-refractivity contribution in [1.82, 2.24) is 10.2 Å². The monoisotopic (exact) mass is 295 g/mol. The molecule has 7 heteroatoms. The van der Waals surface area contributed by atoms with E-state index >= 15 is 0 Å². The number of carbonyl (C=O) groups excluding carboxylic acids is 3. The summed E-state index contributed by atoms with van der Waals surface area (Å²) in [5.41, 5.74) is 1.40. The largest absolute Gasteiger partial charge is 0.326 e. The molecule has 1 aliphatic heterocycles. The Morgan fingerprint density at radius 1 is 1.45 bits per heavy atom. The van der Waals surface area contributed by atoms with Crippen LogP contribution in [-0.4, -0.2) is 35.3 Å². The zero-order valence-corrected chi connectivity index (χ0v) is 11.8. The van der Waals surface area contributed by atoms with Gasteiger partial charge in [0.25, 0.3) is 5.91 Å². The maximum absolute atomic E-state index is 11.9. The molecule has 0 unspecified atom stereocenters. The Morgan fingerprint density at radius 3 is 2.70 bits per heavy atom. The molecule has 1 aromatic rings. The molecule has 20 heavy (non-hydrogen) atoms. The van der Waals surface area contributed by atoms with E-state index in [0.29, 0.717) is 10.7 Å². The third-order valence-electron chi connectivity index (χ3n) is 2.99. The van der Waals surface area contributed by atoms with Crippen molar-refractivity contribution < 1.29 is 14.4 Å². The molecule has 0 aromatic heterocycles. The first-order valence-corrected chi connectivity index (χ1v) is 6.44. The Labute approximate surface area is 121 Å². The summed E-state index contributed by atoms with van der Waals surface area (Å²) in [5.74, 6) is -0.842. The molecule has 1 heterocycles. The Hall–Kier alpha value is -2.08. The van der Waals surface area contributed by atoms with Gasteiger partial charge in [-0.15, -0.1) is 0 Å². The number of anilines is 1. The van der Waals surface area contributed by atoms with Crippen LogP contribution in [0.5, 0.6) is 0 Å². The van der Waals surface area contributed by atoms with Crippen LogP contribution in [0.25, 0.3) is 0 Å². The lowest BCUT2D eigenvalue weighted by molar-refractivity contribution is -0.130. The first-order chi connectivity index (χ1) is 9.38. The molecule has 1 saturated heterocycles. The molecule has 1 aliphatic rings. The van der Waals surface area contributed by atoms with Crippen LogP contribution >= 0.6 is 11.6 Å². The number of benzene rings is 1. The van der Waals surface area contributed by atoms with Crippen LogP contribution in [0.15, 0.2) is 18.2 Å².